The van der Waals surface area contributed by atoms with E-state index in [1.165, 1.54) is 0 Å². The van der Waals surface area contributed by atoms with Gasteiger partial charge in [-0.1, -0.05) is 25.1 Å². The fraction of sp³-hybridized carbons (Fsp3) is 0.529. The molecule has 0 aliphatic carbocycles. The standard InChI is InChI=1S/C17H23NO3/c1-3-13-9-5-6-10-14(13)16(19)18-12-8-7-11-15(18)17(20)21-4-2/h5-6,9-10,15H,3-4,7-8,11-12H2,1-2H3/t15-/m0/s1. The summed E-state index contributed by atoms with van der Waals surface area (Å²) in [5, 5.41) is 0. The highest BCUT2D eigenvalue weighted by atomic mass is 16.5. The van der Waals surface area contributed by atoms with E-state index in [-0.39, 0.29) is 11.9 Å². The molecular formula is C17H23NO3. The molecule has 21 heavy (non-hydrogen) atoms. The summed E-state index contributed by atoms with van der Waals surface area (Å²) in [4.78, 5) is 26.6. The van der Waals surface area contributed by atoms with Crippen molar-refractivity contribution in [2.24, 2.45) is 0 Å². The Balaban J connectivity index is 2.24. The molecule has 0 saturated carbocycles. The van der Waals surface area contributed by atoms with Gasteiger partial charge in [-0.15, -0.1) is 0 Å². The first-order valence-electron chi connectivity index (χ1n) is 7.74. The molecule has 1 saturated heterocycles. The van der Waals surface area contributed by atoms with Crippen molar-refractivity contribution in [3.05, 3.63) is 35.4 Å². The lowest BCUT2D eigenvalue weighted by Gasteiger charge is -2.34. The Morgan fingerprint density at radius 2 is 2.00 bits per heavy atom. The molecule has 4 nitrogen and oxygen atoms in total. The van der Waals surface area contributed by atoms with Gasteiger partial charge in [-0.2, -0.15) is 0 Å². The number of benzene rings is 1. The predicted molar refractivity (Wildman–Crippen MR) is 81.1 cm³/mol. The van der Waals surface area contributed by atoms with Crippen LogP contribution in [0.3, 0.4) is 0 Å². The van der Waals surface area contributed by atoms with Crippen molar-refractivity contribution in [2.45, 2.75) is 45.6 Å². The summed E-state index contributed by atoms with van der Waals surface area (Å²) in [7, 11) is 0. The molecule has 1 aliphatic rings. The van der Waals surface area contributed by atoms with Crippen molar-refractivity contribution in [3.8, 4) is 0 Å². The number of carbonyl (C=O) groups is 2. The van der Waals surface area contributed by atoms with Crippen LogP contribution in [-0.4, -0.2) is 36.0 Å². The van der Waals surface area contributed by atoms with Gasteiger partial charge in [0.1, 0.15) is 6.04 Å². The highest BCUT2D eigenvalue weighted by molar-refractivity contribution is 5.98. The van der Waals surface area contributed by atoms with Crippen LogP contribution in [-0.2, 0) is 16.0 Å². The maximum atomic E-state index is 12.8. The molecule has 2 rings (SSSR count). The summed E-state index contributed by atoms with van der Waals surface area (Å²) in [6.07, 6.45) is 3.40. The zero-order valence-electron chi connectivity index (χ0n) is 12.8. The van der Waals surface area contributed by atoms with Crippen molar-refractivity contribution in [3.63, 3.8) is 0 Å². The Bertz CT molecular complexity index is 513. The van der Waals surface area contributed by atoms with Crippen LogP contribution in [0.15, 0.2) is 24.3 Å². The van der Waals surface area contributed by atoms with E-state index >= 15 is 0 Å². The minimum atomic E-state index is -0.434. The number of ether oxygens (including phenoxy) is 1. The minimum absolute atomic E-state index is 0.0507. The Labute approximate surface area is 126 Å². The summed E-state index contributed by atoms with van der Waals surface area (Å²) >= 11 is 0. The van der Waals surface area contributed by atoms with Gasteiger partial charge < -0.3 is 9.64 Å². The van der Waals surface area contributed by atoms with Crippen molar-refractivity contribution in [1.29, 1.82) is 0 Å². The molecule has 0 aromatic heterocycles. The van der Waals surface area contributed by atoms with Crippen molar-refractivity contribution in [1.82, 2.24) is 4.90 Å². The lowest BCUT2D eigenvalue weighted by Crippen LogP contribution is -2.48. The molecule has 0 N–H and O–H groups in total. The van der Waals surface area contributed by atoms with E-state index in [1.54, 1.807) is 11.8 Å². The van der Waals surface area contributed by atoms with E-state index in [0.717, 1.165) is 24.8 Å². The van der Waals surface area contributed by atoms with Gasteiger partial charge in [0.25, 0.3) is 5.91 Å². The molecule has 1 fully saturated rings. The first kappa shape index (κ1) is 15.5. The molecule has 1 aromatic rings. The largest absolute Gasteiger partial charge is 0.464 e. The van der Waals surface area contributed by atoms with Crippen LogP contribution in [0.5, 0.6) is 0 Å². The van der Waals surface area contributed by atoms with Crippen LogP contribution < -0.4 is 0 Å². The average Bonchev–Trinajstić information content (AvgIpc) is 2.54. The second-order valence-electron chi connectivity index (χ2n) is 5.27. The third kappa shape index (κ3) is 3.43. The second kappa shape index (κ2) is 7.25. The summed E-state index contributed by atoms with van der Waals surface area (Å²) in [6.45, 7) is 4.80. The van der Waals surface area contributed by atoms with Gasteiger partial charge in [0.2, 0.25) is 0 Å². The zero-order chi connectivity index (χ0) is 15.2. The van der Waals surface area contributed by atoms with Gasteiger partial charge in [-0.25, -0.2) is 4.79 Å². The van der Waals surface area contributed by atoms with Crippen LogP contribution in [0.25, 0.3) is 0 Å². The highest BCUT2D eigenvalue weighted by Crippen LogP contribution is 2.22. The lowest BCUT2D eigenvalue weighted by atomic mass is 9.98. The smallest absolute Gasteiger partial charge is 0.328 e. The number of carbonyl (C=O) groups excluding carboxylic acids is 2. The second-order valence-corrected chi connectivity index (χ2v) is 5.27. The molecule has 114 valence electrons. The zero-order valence-corrected chi connectivity index (χ0v) is 12.8. The fourth-order valence-electron chi connectivity index (χ4n) is 2.85. The number of hydrogen-bond acceptors (Lipinski definition) is 3. The van der Waals surface area contributed by atoms with Crippen LogP contribution in [0.2, 0.25) is 0 Å². The Hall–Kier alpha value is -1.84. The summed E-state index contributed by atoms with van der Waals surface area (Å²) in [5.74, 6) is -0.329. The van der Waals surface area contributed by atoms with Crippen LogP contribution in [0.4, 0.5) is 0 Å². The van der Waals surface area contributed by atoms with Crippen LogP contribution in [0, 0.1) is 0 Å². The van der Waals surface area contributed by atoms with E-state index in [2.05, 4.69) is 0 Å². The minimum Gasteiger partial charge on any atom is -0.464 e. The van der Waals surface area contributed by atoms with Crippen LogP contribution in [0.1, 0.15) is 49.0 Å². The Kier molecular flexibility index (Phi) is 5.37. The summed E-state index contributed by atoms with van der Waals surface area (Å²) < 4.78 is 5.12. The number of rotatable bonds is 4. The average molecular weight is 289 g/mol. The van der Waals surface area contributed by atoms with Crippen LogP contribution >= 0.6 is 0 Å². The van der Waals surface area contributed by atoms with E-state index in [0.29, 0.717) is 25.1 Å². The van der Waals surface area contributed by atoms with E-state index in [4.69, 9.17) is 4.74 Å². The van der Waals surface area contributed by atoms with Gasteiger partial charge in [0.05, 0.1) is 6.61 Å². The van der Waals surface area contributed by atoms with Crippen molar-refractivity contribution < 1.29 is 14.3 Å². The molecular weight excluding hydrogens is 266 g/mol. The number of amides is 1. The van der Waals surface area contributed by atoms with Gasteiger partial charge >= 0.3 is 5.97 Å². The predicted octanol–water partition coefficient (Wildman–Crippen LogP) is 2.81. The number of piperidine rings is 1. The molecule has 0 spiro atoms. The molecule has 4 heteroatoms. The third-order valence-corrected chi connectivity index (χ3v) is 3.95. The normalized spacial score (nSPS) is 18.4. The number of likely N-dealkylation sites (tertiary alicyclic amines) is 1. The number of nitrogens with zero attached hydrogens (tertiary/aromatic N) is 1. The molecule has 0 bridgehead atoms. The third-order valence-electron chi connectivity index (χ3n) is 3.95. The fourth-order valence-corrected chi connectivity index (χ4v) is 2.85. The van der Waals surface area contributed by atoms with E-state index in [9.17, 15) is 9.59 Å². The molecule has 1 amide bonds. The highest BCUT2D eigenvalue weighted by Gasteiger charge is 2.34. The maximum absolute atomic E-state index is 12.8. The lowest BCUT2D eigenvalue weighted by molar-refractivity contribution is -0.149. The molecule has 1 aliphatic heterocycles. The van der Waals surface area contributed by atoms with Gasteiger partial charge in [-0.05, 0) is 44.2 Å². The Morgan fingerprint density at radius 3 is 2.71 bits per heavy atom. The molecule has 1 heterocycles. The quantitative estimate of drug-likeness (QED) is 0.801. The van der Waals surface area contributed by atoms with Crippen molar-refractivity contribution >= 4 is 11.9 Å². The molecule has 0 unspecified atom stereocenters. The first-order valence-corrected chi connectivity index (χ1v) is 7.74. The summed E-state index contributed by atoms with van der Waals surface area (Å²) in [5.41, 5.74) is 1.73. The number of aryl methyl sites for hydroxylation is 1. The Morgan fingerprint density at radius 1 is 1.24 bits per heavy atom. The molecule has 1 atom stereocenters. The van der Waals surface area contributed by atoms with Gasteiger partial charge in [0.15, 0.2) is 0 Å². The van der Waals surface area contributed by atoms with Gasteiger partial charge in [0, 0.05) is 12.1 Å². The number of hydrogen-bond donors (Lipinski definition) is 0. The van der Waals surface area contributed by atoms with E-state index in [1.807, 2.05) is 31.2 Å². The topological polar surface area (TPSA) is 46.6 Å². The monoisotopic (exact) mass is 289 g/mol. The molecule has 0 radical (unpaired) electrons. The number of esters is 1. The maximum Gasteiger partial charge on any atom is 0.328 e. The van der Waals surface area contributed by atoms with Gasteiger partial charge in [-0.3, -0.25) is 4.79 Å². The summed E-state index contributed by atoms with van der Waals surface area (Å²) in [6, 6.07) is 7.19. The molecule has 1 aromatic carbocycles. The SMILES string of the molecule is CCOC(=O)[C@@H]1CCCCN1C(=O)c1ccccc1CC. The van der Waals surface area contributed by atoms with E-state index < -0.39 is 6.04 Å². The first-order chi connectivity index (χ1) is 10.2. The van der Waals surface area contributed by atoms with Crippen molar-refractivity contribution in [2.75, 3.05) is 13.2 Å².